The maximum Gasteiger partial charge on any atom is 0.274 e. The molecule has 0 unspecified atom stereocenters. The van der Waals surface area contributed by atoms with Gasteiger partial charge in [-0.3, -0.25) is 10.1 Å². The molecule has 0 bridgehead atoms. The maximum absolute atomic E-state index is 10.9. The first kappa shape index (κ1) is 14.3. The van der Waals surface area contributed by atoms with Crippen LogP contribution in [0.25, 0.3) is 0 Å². The highest BCUT2D eigenvalue weighted by Gasteiger charge is 2.21. The fraction of sp³-hybridized carbons (Fsp3) is 0.500. The first-order valence-corrected chi connectivity index (χ1v) is 6.95. The summed E-state index contributed by atoms with van der Waals surface area (Å²) in [6, 6.07) is 6.71. The van der Waals surface area contributed by atoms with Gasteiger partial charge in [0.25, 0.3) is 5.69 Å². The lowest BCUT2D eigenvalue weighted by molar-refractivity contribution is -0.385. The van der Waals surface area contributed by atoms with E-state index in [4.69, 9.17) is 0 Å². The van der Waals surface area contributed by atoms with Crippen LogP contribution in [0.3, 0.4) is 0 Å². The minimum atomic E-state index is -0.366. The van der Waals surface area contributed by atoms with Gasteiger partial charge in [0.1, 0.15) is 0 Å². The van der Waals surface area contributed by atoms with E-state index in [0.717, 1.165) is 25.0 Å². The molecule has 20 heavy (non-hydrogen) atoms. The molecule has 1 aromatic carbocycles. The van der Waals surface area contributed by atoms with Gasteiger partial charge >= 0.3 is 0 Å². The Labute approximate surface area is 118 Å². The van der Waals surface area contributed by atoms with Crippen molar-refractivity contribution in [3.05, 3.63) is 39.9 Å². The topological polar surface area (TPSA) is 79.6 Å². The van der Waals surface area contributed by atoms with E-state index in [-0.39, 0.29) is 10.6 Å². The molecule has 0 amide bonds. The van der Waals surface area contributed by atoms with Gasteiger partial charge in [-0.05, 0) is 25.7 Å². The summed E-state index contributed by atoms with van der Waals surface area (Å²) in [5, 5.41) is 17.4. The third-order valence-electron chi connectivity index (χ3n) is 3.20. The highest BCUT2D eigenvalue weighted by Crippen LogP contribution is 2.27. The average molecular weight is 276 g/mol. The monoisotopic (exact) mass is 276 g/mol. The Kier molecular flexibility index (Phi) is 4.92. The Bertz CT molecular complexity index is 498. The second-order valence-electron chi connectivity index (χ2n) is 4.91. The Balaban J connectivity index is 2.01. The van der Waals surface area contributed by atoms with E-state index in [0.29, 0.717) is 12.1 Å². The quantitative estimate of drug-likeness (QED) is 0.361. The molecule has 0 spiro atoms. The number of guanidine groups is 1. The number of aliphatic imine (C=N–C) groups is 1. The first-order chi connectivity index (χ1) is 9.70. The Morgan fingerprint density at radius 3 is 2.80 bits per heavy atom. The lowest BCUT2D eigenvalue weighted by atomic mass is 10.2. The van der Waals surface area contributed by atoms with Crippen LogP contribution in [0.5, 0.6) is 0 Å². The van der Waals surface area contributed by atoms with Gasteiger partial charge in [-0.1, -0.05) is 18.2 Å². The summed E-state index contributed by atoms with van der Waals surface area (Å²) < 4.78 is 0. The van der Waals surface area contributed by atoms with Crippen molar-refractivity contribution in [2.45, 2.75) is 26.3 Å². The van der Waals surface area contributed by atoms with Gasteiger partial charge in [-0.2, -0.15) is 0 Å². The molecule has 0 aromatic heterocycles. The Morgan fingerprint density at radius 2 is 2.15 bits per heavy atom. The molecule has 1 aromatic rings. The van der Waals surface area contributed by atoms with E-state index >= 15 is 0 Å². The van der Waals surface area contributed by atoms with Gasteiger partial charge in [0.2, 0.25) is 0 Å². The molecule has 6 nitrogen and oxygen atoms in total. The number of nitro groups is 1. The highest BCUT2D eigenvalue weighted by molar-refractivity contribution is 5.79. The normalized spacial score (nSPS) is 14.9. The van der Waals surface area contributed by atoms with Crippen LogP contribution in [0.1, 0.15) is 25.3 Å². The number of para-hydroxylation sites is 1. The molecule has 2 N–H and O–H groups in total. The largest absolute Gasteiger partial charge is 0.357 e. The third kappa shape index (κ3) is 4.22. The Hall–Kier alpha value is -2.11. The molecule has 1 saturated carbocycles. The van der Waals surface area contributed by atoms with E-state index in [1.807, 2.05) is 6.92 Å². The van der Waals surface area contributed by atoms with Crippen molar-refractivity contribution in [2.75, 3.05) is 13.1 Å². The highest BCUT2D eigenvalue weighted by atomic mass is 16.6. The molecule has 1 fully saturated rings. The summed E-state index contributed by atoms with van der Waals surface area (Å²) >= 11 is 0. The lowest BCUT2D eigenvalue weighted by Crippen LogP contribution is -2.38. The van der Waals surface area contributed by atoms with E-state index in [2.05, 4.69) is 15.6 Å². The molecule has 0 heterocycles. The van der Waals surface area contributed by atoms with E-state index < -0.39 is 0 Å². The third-order valence-corrected chi connectivity index (χ3v) is 3.20. The molecule has 1 aliphatic carbocycles. The first-order valence-electron chi connectivity index (χ1n) is 6.95. The van der Waals surface area contributed by atoms with Crippen molar-refractivity contribution >= 4 is 11.6 Å². The summed E-state index contributed by atoms with van der Waals surface area (Å²) in [7, 11) is 0. The zero-order chi connectivity index (χ0) is 14.4. The van der Waals surface area contributed by atoms with Crippen molar-refractivity contribution < 1.29 is 4.92 Å². The molecule has 0 atom stereocenters. The standard InChI is InChI=1S/C14H20N4O2/c1-2-15-14(16-9-11-7-8-11)17-10-12-5-3-4-6-13(12)18(19)20/h3-6,11H,2,7-10H2,1H3,(H2,15,16,17). The summed E-state index contributed by atoms with van der Waals surface area (Å²) in [6.07, 6.45) is 2.55. The summed E-state index contributed by atoms with van der Waals surface area (Å²) in [6.45, 7) is 3.99. The number of rotatable bonds is 6. The minimum Gasteiger partial charge on any atom is -0.357 e. The number of benzene rings is 1. The predicted octanol–water partition coefficient (Wildman–Crippen LogP) is 2.06. The summed E-state index contributed by atoms with van der Waals surface area (Å²) in [5.74, 6) is 1.47. The zero-order valence-electron chi connectivity index (χ0n) is 11.6. The van der Waals surface area contributed by atoms with Gasteiger partial charge in [-0.15, -0.1) is 0 Å². The molecule has 108 valence electrons. The lowest BCUT2D eigenvalue weighted by Gasteiger charge is -2.10. The molecule has 2 rings (SSSR count). The van der Waals surface area contributed by atoms with Crippen LogP contribution in [-0.4, -0.2) is 24.0 Å². The number of hydrogen-bond donors (Lipinski definition) is 2. The second-order valence-corrected chi connectivity index (χ2v) is 4.91. The number of nitrogens with one attached hydrogen (secondary N) is 2. The van der Waals surface area contributed by atoms with Crippen molar-refractivity contribution in [3.63, 3.8) is 0 Å². The number of hydrogen-bond acceptors (Lipinski definition) is 3. The summed E-state index contributed by atoms with van der Waals surface area (Å²) in [4.78, 5) is 15.0. The molecule has 6 heteroatoms. The van der Waals surface area contributed by atoms with Crippen LogP contribution in [0.15, 0.2) is 29.3 Å². The SMILES string of the molecule is CCNC(=NCc1ccccc1[N+](=O)[O-])NCC1CC1. The van der Waals surface area contributed by atoms with Crippen molar-refractivity contribution in [3.8, 4) is 0 Å². The average Bonchev–Trinajstić information content (AvgIpc) is 3.26. The fourth-order valence-electron chi connectivity index (χ4n) is 1.89. The maximum atomic E-state index is 10.9. The van der Waals surface area contributed by atoms with Gasteiger partial charge in [-0.25, -0.2) is 4.99 Å². The molecule has 0 saturated heterocycles. The molecular weight excluding hydrogens is 256 g/mol. The van der Waals surface area contributed by atoms with E-state index in [9.17, 15) is 10.1 Å². The smallest absolute Gasteiger partial charge is 0.274 e. The molecule has 0 aliphatic heterocycles. The Morgan fingerprint density at radius 1 is 1.40 bits per heavy atom. The molecular formula is C14H20N4O2. The van der Waals surface area contributed by atoms with Crippen molar-refractivity contribution in [1.29, 1.82) is 0 Å². The van der Waals surface area contributed by atoms with Crippen molar-refractivity contribution in [1.82, 2.24) is 10.6 Å². The number of nitro benzene ring substituents is 1. The van der Waals surface area contributed by atoms with E-state index in [1.54, 1.807) is 18.2 Å². The van der Waals surface area contributed by atoms with Crippen LogP contribution in [0.4, 0.5) is 5.69 Å². The minimum absolute atomic E-state index is 0.120. The van der Waals surface area contributed by atoms with Gasteiger partial charge in [0.05, 0.1) is 17.0 Å². The molecule has 1 aliphatic rings. The van der Waals surface area contributed by atoms with Crippen LogP contribution in [0.2, 0.25) is 0 Å². The predicted molar refractivity (Wildman–Crippen MR) is 78.6 cm³/mol. The van der Waals surface area contributed by atoms with Crippen LogP contribution in [0, 0.1) is 16.0 Å². The summed E-state index contributed by atoms with van der Waals surface area (Å²) in [5.41, 5.74) is 0.746. The van der Waals surface area contributed by atoms with Gasteiger partial charge in [0, 0.05) is 19.2 Å². The van der Waals surface area contributed by atoms with Crippen LogP contribution >= 0.6 is 0 Å². The fourth-order valence-corrected chi connectivity index (χ4v) is 1.89. The van der Waals surface area contributed by atoms with Crippen LogP contribution < -0.4 is 10.6 Å². The molecule has 0 radical (unpaired) electrons. The second kappa shape index (κ2) is 6.88. The van der Waals surface area contributed by atoms with Gasteiger partial charge in [0.15, 0.2) is 5.96 Å². The van der Waals surface area contributed by atoms with Crippen molar-refractivity contribution in [2.24, 2.45) is 10.9 Å². The zero-order valence-corrected chi connectivity index (χ0v) is 11.6. The van der Waals surface area contributed by atoms with E-state index in [1.165, 1.54) is 18.9 Å². The van der Waals surface area contributed by atoms with Gasteiger partial charge < -0.3 is 10.6 Å². The number of nitrogens with zero attached hydrogens (tertiary/aromatic N) is 2. The van der Waals surface area contributed by atoms with Crippen LogP contribution in [-0.2, 0) is 6.54 Å².